The van der Waals surface area contributed by atoms with Crippen molar-refractivity contribution < 1.29 is 34.1 Å². The average molecular weight is 479 g/mol. The SMILES string of the molecule is CCCCCCCCC=CCCCCCCCC(=O)OC(C)(C)[C@@H](O)CC(O)P(=O)(O)O. The van der Waals surface area contributed by atoms with Crippen molar-refractivity contribution in [1.82, 2.24) is 0 Å². The minimum atomic E-state index is -4.71. The number of allylic oxidation sites excluding steroid dienone is 2. The van der Waals surface area contributed by atoms with Gasteiger partial charge in [-0.15, -0.1) is 0 Å². The van der Waals surface area contributed by atoms with Gasteiger partial charge in [-0.05, 0) is 46.0 Å². The highest BCUT2D eigenvalue weighted by atomic mass is 31.2. The Labute approximate surface area is 194 Å². The van der Waals surface area contributed by atoms with Crippen LogP contribution in [-0.2, 0) is 14.1 Å². The minimum Gasteiger partial charge on any atom is -0.457 e. The van der Waals surface area contributed by atoms with E-state index in [9.17, 15) is 19.6 Å². The summed E-state index contributed by atoms with van der Waals surface area (Å²) in [7, 11) is -4.71. The summed E-state index contributed by atoms with van der Waals surface area (Å²) in [6.45, 7) is 5.16. The largest absolute Gasteiger partial charge is 0.457 e. The maximum atomic E-state index is 12.0. The summed E-state index contributed by atoms with van der Waals surface area (Å²) in [4.78, 5) is 29.9. The lowest BCUT2D eigenvalue weighted by atomic mass is 9.98. The van der Waals surface area contributed by atoms with Crippen molar-refractivity contribution in [3.8, 4) is 0 Å². The third kappa shape index (κ3) is 16.8. The second-order valence-electron chi connectivity index (χ2n) is 9.23. The van der Waals surface area contributed by atoms with E-state index in [4.69, 9.17) is 14.5 Å². The Morgan fingerprint density at radius 3 is 1.84 bits per heavy atom. The van der Waals surface area contributed by atoms with Gasteiger partial charge < -0.3 is 24.7 Å². The molecule has 0 aliphatic heterocycles. The van der Waals surface area contributed by atoms with Crippen molar-refractivity contribution in [2.75, 3.05) is 0 Å². The monoisotopic (exact) mass is 478 g/mol. The fourth-order valence-electron chi connectivity index (χ4n) is 3.37. The van der Waals surface area contributed by atoms with Gasteiger partial charge in [0.15, 0.2) is 5.85 Å². The summed E-state index contributed by atoms with van der Waals surface area (Å²) < 4.78 is 16.3. The predicted octanol–water partition coefficient (Wildman–Crippen LogP) is 5.59. The number of rotatable bonds is 20. The Kier molecular flexibility index (Phi) is 17.3. The number of carbonyl (C=O) groups excluding carboxylic acids is 1. The molecule has 0 aromatic heterocycles. The zero-order chi connectivity index (χ0) is 24.5. The van der Waals surface area contributed by atoms with Crippen LogP contribution < -0.4 is 0 Å². The lowest BCUT2D eigenvalue weighted by Gasteiger charge is -2.31. The van der Waals surface area contributed by atoms with Gasteiger partial charge in [0.2, 0.25) is 0 Å². The van der Waals surface area contributed by atoms with Gasteiger partial charge in [0.25, 0.3) is 0 Å². The van der Waals surface area contributed by atoms with Crippen molar-refractivity contribution in [2.45, 2.75) is 135 Å². The Hall–Kier alpha value is -0.720. The molecule has 8 heteroatoms. The molecule has 190 valence electrons. The van der Waals surface area contributed by atoms with Gasteiger partial charge >= 0.3 is 13.6 Å². The maximum Gasteiger partial charge on any atom is 0.353 e. The number of ether oxygens (including phenoxy) is 1. The van der Waals surface area contributed by atoms with Gasteiger partial charge in [-0.25, -0.2) is 0 Å². The van der Waals surface area contributed by atoms with Gasteiger partial charge in [-0.3, -0.25) is 9.36 Å². The van der Waals surface area contributed by atoms with E-state index < -0.39 is 37.5 Å². The summed E-state index contributed by atoms with van der Waals surface area (Å²) in [5.74, 6) is -2.45. The summed E-state index contributed by atoms with van der Waals surface area (Å²) >= 11 is 0. The van der Waals surface area contributed by atoms with Crippen LogP contribution in [-0.4, -0.2) is 43.5 Å². The molecule has 0 radical (unpaired) electrons. The number of aliphatic hydroxyl groups is 2. The lowest BCUT2D eigenvalue weighted by molar-refractivity contribution is -0.169. The van der Waals surface area contributed by atoms with E-state index in [1.54, 1.807) is 0 Å². The van der Waals surface area contributed by atoms with Crippen LogP contribution in [0.1, 0.15) is 117 Å². The number of unbranched alkanes of at least 4 members (excludes halogenated alkanes) is 11. The fraction of sp³-hybridized carbons (Fsp3) is 0.875. The third-order valence-electron chi connectivity index (χ3n) is 5.64. The van der Waals surface area contributed by atoms with E-state index in [1.165, 1.54) is 58.8 Å². The van der Waals surface area contributed by atoms with Crippen LogP contribution in [0.3, 0.4) is 0 Å². The van der Waals surface area contributed by atoms with E-state index in [-0.39, 0.29) is 6.42 Å². The summed E-state index contributed by atoms with van der Waals surface area (Å²) in [5.41, 5.74) is -1.34. The van der Waals surface area contributed by atoms with Gasteiger partial charge in [0.1, 0.15) is 5.60 Å². The highest BCUT2D eigenvalue weighted by Gasteiger charge is 2.37. The topological polar surface area (TPSA) is 124 Å². The summed E-state index contributed by atoms with van der Waals surface area (Å²) in [6, 6.07) is 0. The zero-order valence-electron chi connectivity index (χ0n) is 20.4. The Balaban J connectivity index is 3.76. The first-order valence-electron chi connectivity index (χ1n) is 12.3. The molecule has 0 rings (SSSR count). The van der Waals surface area contributed by atoms with E-state index in [2.05, 4.69) is 19.1 Å². The number of hydrogen-bond donors (Lipinski definition) is 4. The summed E-state index contributed by atoms with van der Waals surface area (Å²) in [6.07, 6.45) is 18.1. The third-order valence-corrected chi connectivity index (χ3v) is 6.63. The van der Waals surface area contributed by atoms with Gasteiger partial charge in [-0.2, -0.15) is 0 Å². The van der Waals surface area contributed by atoms with Crippen molar-refractivity contribution >= 4 is 13.6 Å². The van der Waals surface area contributed by atoms with E-state index in [1.807, 2.05) is 0 Å². The second kappa shape index (κ2) is 17.7. The molecule has 32 heavy (non-hydrogen) atoms. The van der Waals surface area contributed by atoms with Crippen molar-refractivity contribution in [2.24, 2.45) is 0 Å². The molecule has 1 unspecified atom stereocenters. The van der Waals surface area contributed by atoms with E-state index in [0.717, 1.165) is 32.1 Å². The molecule has 0 saturated heterocycles. The van der Waals surface area contributed by atoms with Crippen LogP contribution in [0.25, 0.3) is 0 Å². The molecule has 0 aromatic carbocycles. The first-order chi connectivity index (χ1) is 15.0. The number of carbonyl (C=O) groups is 1. The molecule has 2 atom stereocenters. The fourth-order valence-corrected chi connectivity index (χ4v) is 3.85. The average Bonchev–Trinajstić information content (AvgIpc) is 2.69. The van der Waals surface area contributed by atoms with Crippen molar-refractivity contribution in [3.05, 3.63) is 12.2 Å². The van der Waals surface area contributed by atoms with Gasteiger partial charge in [-0.1, -0.05) is 70.4 Å². The van der Waals surface area contributed by atoms with Crippen LogP contribution in [0.4, 0.5) is 0 Å². The number of hydrogen-bond acceptors (Lipinski definition) is 5. The first-order valence-corrected chi connectivity index (χ1v) is 14.0. The highest BCUT2D eigenvalue weighted by molar-refractivity contribution is 7.52. The van der Waals surface area contributed by atoms with Crippen LogP contribution in [0.5, 0.6) is 0 Å². The Bertz CT molecular complexity index is 557. The van der Waals surface area contributed by atoms with Crippen molar-refractivity contribution in [1.29, 1.82) is 0 Å². The van der Waals surface area contributed by atoms with Crippen molar-refractivity contribution in [3.63, 3.8) is 0 Å². The number of aliphatic hydroxyl groups excluding tert-OH is 2. The maximum absolute atomic E-state index is 12.0. The first kappa shape index (κ1) is 31.3. The molecular weight excluding hydrogens is 431 g/mol. The Morgan fingerprint density at radius 2 is 1.34 bits per heavy atom. The molecule has 0 amide bonds. The normalized spacial score (nSPS) is 14.6. The van der Waals surface area contributed by atoms with Gasteiger partial charge in [0.05, 0.1) is 6.10 Å². The van der Waals surface area contributed by atoms with Crippen LogP contribution in [0.15, 0.2) is 12.2 Å². The zero-order valence-corrected chi connectivity index (χ0v) is 21.3. The highest BCUT2D eigenvalue weighted by Crippen LogP contribution is 2.42. The van der Waals surface area contributed by atoms with E-state index >= 15 is 0 Å². The molecule has 7 nitrogen and oxygen atoms in total. The molecule has 4 N–H and O–H groups in total. The lowest BCUT2D eigenvalue weighted by Crippen LogP contribution is -2.42. The molecule has 0 spiro atoms. The molecule has 0 fully saturated rings. The second-order valence-corrected chi connectivity index (χ2v) is 11.0. The minimum absolute atomic E-state index is 0.232. The van der Waals surface area contributed by atoms with Crippen LogP contribution in [0, 0.1) is 0 Å². The molecule has 0 bridgehead atoms. The summed E-state index contributed by atoms with van der Waals surface area (Å²) in [5, 5.41) is 19.5. The molecule has 0 aliphatic rings. The number of esters is 1. The quantitative estimate of drug-likeness (QED) is 0.0778. The van der Waals surface area contributed by atoms with Gasteiger partial charge in [0, 0.05) is 12.8 Å². The molecule has 0 aliphatic carbocycles. The predicted molar refractivity (Wildman–Crippen MR) is 128 cm³/mol. The molecule has 0 saturated carbocycles. The Morgan fingerprint density at radius 1 is 0.875 bits per heavy atom. The molecule has 0 heterocycles. The molecule has 0 aromatic rings. The van der Waals surface area contributed by atoms with E-state index in [0.29, 0.717) is 6.42 Å². The standard InChI is InChI=1S/C24H47O7P/c1-4-5-6-7-8-9-10-11-12-13-14-15-16-17-18-19-22(26)31-24(2,3)21(25)20-23(27)32(28,29)30/h11-12,21,23,25,27H,4-10,13-20H2,1-3H3,(H2,28,29,30)/t21-,23?/m0/s1. The van der Waals surface area contributed by atoms with Crippen LogP contribution >= 0.6 is 7.60 Å². The van der Waals surface area contributed by atoms with Crippen LogP contribution in [0.2, 0.25) is 0 Å². The smallest absolute Gasteiger partial charge is 0.353 e. The molecular formula is C24H47O7P.